The second-order valence-corrected chi connectivity index (χ2v) is 1.40. The molecule has 0 saturated heterocycles. The van der Waals surface area contributed by atoms with Gasteiger partial charge in [-0.15, -0.1) is 0 Å². The van der Waals surface area contributed by atoms with Crippen LogP contribution < -0.4 is 0 Å². The summed E-state index contributed by atoms with van der Waals surface area (Å²) >= 11 is 0. The maximum Gasteiger partial charge on any atom is 0.337 e. The maximum atomic E-state index is 10.0. The molecule has 10 heavy (non-hydrogen) atoms. The summed E-state index contributed by atoms with van der Waals surface area (Å²) in [6.45, 7) is 4.00. The van der Waals surface area contributed by atoms with E-state index in [2.05, 4.69) is 4.98 Å². The number of carboxylic acids is 1. The van der Waals surface area contributed by atoms with Gasteiger partial charge in [0, 0.05) is 12.4 Å². The summed E-state index contributed by atoms with van der Waals surface area (Å²) < 4.78 is 0. The Bertz CT molecular complexity index is 179. The topological polar surface area (TPSA) is 53.1 Å². The molecule has 3 nitrogen and oxygen atoms in total. The molecule has 0 atom stereocenters. The Hall–Kier alpha value is -1.25. The molecule has 0 radical (unpaired) electrons. The zero-order chi connectivity index (χ0) is 7.98. The Labute approximate surface area is 59.7 Å². The second kappa shape index (κ2) is 4.61. The fraction of sp³-hybridized carbons (Fsp3) is 0.286. The summed E-state index contributed by atoms with van der Waals surface area (Å²) in [5.41, 5.74) is 0.296. The van der Waals surface area contributed by atoms with E-state index >= 15 is 0 Å². The molecule has 0 saturated carbocycles. The zero-order valence-corrected chi connectivity index (χ0v) is 6.09. The van der Waals surface area contributed by atoms with Crippen LogP contribution in [0.1, 0.15) is 24.2 Å². The van der Waals surface area contributed by atoms with E-state index in [0.29, 0.717) is 5.56 Å². The Morgan fingerprint density at radius 1 is 1.60 bits per heavy atom. The molecular weight excluding hydrogens is 130 g/mol. The van der Waals surface area contributed by atoms with Crippen LogP contribution in [0.2, 0.25) is 0 Å². The molecule has 1 aromatic rings. The average molecular weight is 141 g/mol. The van der Waals surface area contributed by atoms with Crippen molar-refractivity contribution in [2.24, 2.45) is 0 Å². The van der Waals surface area contributed by atoms with Gasteiger partial charge in [-0.25, -0.2) is 4.79 Å². The van der Waals surface area contributed by atoms with Crippen molar-refractivity contribution in [3.05, 3.63) is 24.0 Å². The van der Waals surface area contributed by atoms with Gasteiger partial charge >= 0.3 is 5.97 Å². The first-order valence-corrected chi connectivity index (χ1v) is 3.17. The summed E-state index contributed by atoms with van der Waals surface area (Å²) in [4.78, 5) is 12.7. The van der Waals surface area contributed by atoms with E-state index < -0.39 is 5.97 Å². The number of carbonyl (C=O) groups is 1. The lowest BCUT2D eigenvalue weighted by Crippen LogP contribution is -1.91. The van der Waals surface area contributed by atoms with Gasteiger partial charge in [0.1, 0.15) is 0 Å². The largest absolute Gasteiger partial charge is 0.478 e. The van der Waals surface area contributed by atoms with E-state index in [-0.39, 0.29) is 0 Å². The molecule has 3 heteroatoms. The first kappa shape index (κ1) is 8.75. The van der Waals surface area contributed by atoms with Gasteiger partial charge in [0.25, 0.3) is 0 Å². The van der Waals surface area contributed by atoms with Gasteiger partial charge in [0.2, 0.25) is 0 Å². The predicted molar refractivity (Wildman–Crippen MR) is 39.1 cm³/mol. The van der Waals surface area contributed by atoms with Crippen molar-refractivity contribution < 1.29 is 9.90 Å². The summed E-state index contributed by atoms with van der Waals surface area (Å²) in [6, 6.07) is 1.50. The number of rotatable bonds is 1. The monoisotopic (exact) mass is 141 g/mol. The van der Waals surface area contributed by atoms with Gasteiger partial charge in [0.05, 0.1) is 5.56 Å². The van der Waals surface area contributed by atoms with Gasteiger partial charge in [0.15, 0.2) is 0 Å². The minimum absolute atomic E-state index is 0.296. The lowest BCUT2D eigenvalue weighted by atomic mass is 10.4. The van der Waals surface area contributed by atoms with Crippen LogP contribution in [0.5, 0.6) is 0 Å². The van der Waals surface area contributed by atoms with Crippen molar-refractivity contribution in [2.75, 3.05) is 0 Å². The van der Waals surface area contributed by atoms with Crippen LogP contribution in [0.25, 0.3) is 0 Å². The third-order valence-corrected chi connectivity index (χ3v) is 0.845. The van der Waals surface area contributed by atoms with Gasteiger partial charge < -0.3 is 10.1 Å². The molecule has 0 aliphatic heterocycles. The third-order valence-electron chi connectivity index (χ3n) is 0.845. The van der Waals surface area contributed by atoms with Gasteiger partial charge in [-0.2, -0.15) is 0 Å². The van der Waals surface area contributed by atoms with E-state index in [0.717, 1.165) is 0 Å². The van der Waals surface area contributed by atoms with Crippen LogP contribution >= 0.6 is 0 Å². The maximum absolute atomic E-state index is 10.0. The number of H-pyrrole nitrogens is 1. The lowest BCUT2D eigenvalue weighted by Gasteiger charge is -1.78. The van der Waals surface area contributed by atoms with E-state index in [9.17, 15) is 4.79 Å². The first-order chi connectivity index (χ1) is 4.80. The van der Waals surface area contributed by atoms with Crippen LogP contribution in [0.15, 0.2) is 18.5 Å². The van der Waals surface area contributed by atoms with Crippen LogP contribution in [0.3, 0.4) is 0 Å². The average Bonchev–Trinajstić information content (AvgIpc) is 2.42. The molecule has 1 rings (SSSR count). The summed E-state index contributed by atoms with van der Waals surface area (Å²) in [6.07, 6.45) is 3.01. The van der Waals surface area contributed by atoms with E-state index in [1.807, 2.05) is 13.8 Å². The summed E-state index contributed by atoms with van der Waals surface area (Å²) in [5, 5.41) is 8.25. The predicted octanol–water partition coefficient (Wildman–Crippen LogP) is 1.74. The third kappa shape index (κ3) is 2.35. The standard InChI is InChI=1S/C5H5NO2.C2H6/c7-5(8)4-1-2-6-3-4;1-2/h1-3,6H,(H,7,8);1-2H3. The van der Waals surface area contributed by atoms with Crippen LogP contribution in [0.4, 0.5) is 0 Å². The highest BCUT2D eigenvalue weighted by Crippen LogP contribution is 1.93. The molecule has 0 fully saturated rings. The molecule has 0 bridgehead atoms. The Morgan fingerprint density at radius 2 is 2.20 bits per heavy atom. The highest BCUT2D eigenvalue weighted by molar-refractivity contribution is 5.87. The highest BCUT2D eigenvalue weighted by Gasteiger charge is 1.98. The quantitative estimate of drug-likeness (QED) is 0.625. The van der Waals surface area contributed by atoms with Crippen molar-refractivity contribution in [2.45, 2.75) is 13.8 Å². The minimum atomic E-state index is -0.897. The van der Waals surface area contributed by atoms with Crippen LogP contribution in [0, 0.1) is 0 Å². The Morgan fingerprint density at radius 3 is 2.40 bits per heavy atom. The fourth-order valence-electron chi connectivity index (χ4n) is 0.457. The van der Waals surface area contributed by atoms with Crippen molar-refractivity contribution >= 4 is 5.97 Å². The number of nitrogens with one attached hydrogen (secondary N) is 1. The molecule has 0 aliphatic carbocycles. The Balaban J connectivity index is 0.000000371. The molecule has 1 heterocycles. The van der Waals surface area contributed by atoms with Crippen molar-refractivity contribution in [1.82, 2.24) is 4.98 Å². The molecule has 0 amide bonds. The smallest absolute Gasteiger partial charge is 0.337 e. The number of aromatic nitrogens is 1. The minimum Gasteiger partial charge on any atom is -0.478 e. The number of hydrogen-bond acceptors (Lipinski definition) is 1. The molecule has 2 N–H and O–H groups in total. The summed E-state index contributed by atoms with van der Waals surface area (Å²) in [5.74, 6) is -0.897. The van der Waals surface area contributed by atoms with Crippen LogP contribution in [-0.2, 0) is 0 Å². The molecule has 0 aromatic carbocycles. The second-order valence-electron chi connectivity index (χ2n) is 1.40. The highest BCUT2D eigenvalue weighted by atomic mass is 16.4. The molecule has 0 spiro atoms. The lowest BCUT2D eigenvalue weighted by molar-refractivity contribution is 0.0697. The molecular formula is C7H11NO2. The van der Waals surface area contributed by atoms with Crippen molar-refractivity contribution in [3.63, 3.8) is 0 Å². The zero-order valence-electron chi connectivity index (χ0n) is 6.09. The normalized spacial score (nSPS) is 7.80. The number of aromatic amines is 1. The molecule has 1 aromatic heterocycles. The van der Waals surface area contributed by atoms with Gasteiger partial charge in [-0.3, -0.25) is 0 Å². The van der Waals surface area contributed by atoms with Crippen molar-refractivity contribution in [1.29, 1.82) is 0 Å². The van der Waals surface area contributed by atoms with Gasteiger partial charge in [-0.05, 0) is 6.07 Å². The first-order valence-electron chi connectivity index (χ1n) is 3.17. The van der Waals surface area contributed by atoms with E-state index in [1.54, 1.807) is 6.20 Å². The summed E-state index contributed by atoms with van der Waals surface area (Å²) in [7, 11) is 0. The van der Waals surface area contributed by atoms with Gasteiger partial charge in [-0.1, -0.05) is 13.8 Å². The Kier molecular flexibility index (Phi) is 4.04. The molecule has 0 aliphatic rings. The number of aromatic carboxylic acids is 1. The van der Waals surface area contributed by atoms with E-state index in [4.69, 9.17) is 5.11 Å². The van der Waals surface area contributed by atoms with Crippen molar-refractivity contribution in [3.8, 4) is 0 Å². The van der Waals surface area contributed by atoms with E-state index in [1.165, 1.54) is 12.3 Å². The number of carboxylic acid groups (broad SMARTS) is 1. The SMILES string of the molecule is CC.O=C(O)c1cc[nH]c1. The molecule has 56 valence electrons. The van der Waals surface area contributed by atoms with Crippen LogP contribution in [-0.4, -0.2) is 16.1 Å². The fourth-order valence-corrected chi connectivity index (χ4v) is 0.457. The molecule has 0 unspecified atom stereocenters. The number of hydrogen-bond donors (Lipinski definition) is 2.